The van der Waals surface area contributed by atoms with Crippen molar-refractivity contribution in [2.45, 2.75) is 32.7 Å². The van der Waals surface area contributed by atoms with Gasteiger partial charge in [-0.05, 0) is 56.0 Å². The number of hydrogen-bond donors (Lipinski definition) is 2. The van der Waals surface area contributed by atoms with E-state index in [1.165, 1.54) is 0 Å². The lowest BCUT2D eigenvalue weighted by atomic mass is 10.1. The van der Waals surface area contributed by atoms with E-state index in [0.29, 0.717) is 28.2 Å². The SMILES string of the molecule is Cc1c(Cl)cccc1NC(=O)C1=CC(C)n2nc(C3=CC=CCC3)nc2N1. The van der Waals surface area contributed by atoms with Crippen molar-refractivity contribution in [3.05, 3.63) is 64.6 Å². The first kappa shape index (κ1) is 17.5. The molecular formula is C20H20ClN5O. The minimum Gasteiger partial charge on any atom is -0.320 e. The van der Waals surface area contributed by atoms with Crippen molar-refractivity contribution in [2.24, 2.45) is 0 Å². The third-order valence-electron chi connectivity index (χ3n) is 4.73. The Morgan fingerprint density at radius 1 is 1.41 bits per heavy atom. The number of amides is 1. The molecule has 1 aromatic heterocycles. The van der Waals surface area contributed by atoms with Gasteiger partial charge in [0.25, 0.3) is 5.91 Å². The lowest BCUT2D eigenvalue weighted by Gasteiger charge is -2.20. The van der Waals surface area contributed by atoms with E-state index in [4.69, 9.17) is 11.6 Å². The van der Waals surface area contributed by atoms with Crippen LogP contribution in [-0.2, 0) is 4.79 Å². The number of nitrogens with one attached hydrogen (secondary N) is 2. The molecule has 1 amide bonds. The summed E-state index contributed by atoms with van der Waals surface area (Å²) in [5.74, 6) is 1.04. The summed E-state index contributed by atoms with van der Waals surface area (Å²) in [4.78, 5) is 17.3. The highest BCUT2D eigenvalue weighted by atomic mass is 35.5. The molecule has 1 unspecified atom stereocenters. The number of fused-ring (bicyclic) bond motifs is 1. The maximum atomic E-state index is 12.7. The number of anilines is 2. The average Bonchev–Trinajstić information content (AvgIpc) is 3.11. The zero-order valence-corrected chi connectivity index (χ0v) is 15.9. The van der Waals surface area contributed by atoms with Crippen molar-refractivity contribution in [3.8, 4) is 0 Å². The molecule has 2 aromatic rings. The summed E-state index contributed by atoms with van der Waals surface area (Å²) in [6.07, 6.45) is 9.95. The summed E-state index contributed by atoms with van der Waals surface area (Å²) >= 11 is 6.14. The Labute approximate surface area is 162 Å². The lowest BCUT2D eigenvalue weighted by molar-refractivity contribution is -0.112. The molecule has 2 heterocycles. The van der Waals surface area contributed by atoms with Gasteiger partial charge in [0.05, 0.1) is 6.04 Å². The van der Waals surface area contributed by atoms with Crippen LogP contribution in [-0.4, -0.2) is 20.7 Å². The van der Waals surface area contributed by atoms with Gasteiger partial charge in [-0.15, -0.1) is 5.10 Å². The Kier molecular flexibility index (Phi) is 4.58. The van der Waals surface area contributed by atoms with Gasteiger partial charge >= 0.3 is 0 Å². The first-order valence-corrected chi connectivity index (χ1v) is 9.28. The van der Waals surface area contributed by atoms with E-state index in [-0.39, 0.29) is 11.9 Å². The van der Waals surface area contributed by atoms with Gasteiger partial charge in [0, 0.05) is 10.7 Å². The van der Waals surface area contributed by atoms with Gasteiger partial charge in [-0.25, -0.2) is 4.68 Å². The first-order chi connectivity index (χ1) is 13.0. The topological polar surface area (TPSA) is 71.8 Å². The van der Waals surface area contributed by atoms with E-state index >= 15 is 0 Å². The molecule has 0 bridgehead atoms. The van der Waals surface area contributed by atoms with Gasteiger partial charge in [0.2, 0.25) is 5.95 Å². The van der Waals surface area contributed by atoms with Crippen LogP contribution < -0.4 is 10.6 Å². The normalized spacial score (nSPS) is 18.3. The highest BCUT2D eigenvalue weighted by Gasteiger charge is 2.25. The van der Waals surface area contributed by atoms with Crippen molar-refractivity contribution in [1.82, 2.24) is 14.8 Å². The molecule has 1 aliphatic heterocycles. The molecule has 2 aliphatic rings. The molecule has 0 spiro atoms. The Bertz CT molecular complexity index is 1000. The zero-order valence-electron chi connectivity index (χ0n) is 15.2. The van der Waals surface area contributed by atoms with Crippen LogP contribution in [0.1, 0.15) is 37.2 Å². The smallest absolute Gasteiger partial charge is 0.271 e. The molecule has 0 radical (unpaired) electrons. The lowest BCUT2D eigenvalue weighted by Crippen LogP contribution is -2.26. The second-order valence-electron chi connectivity index (χ2n) is 6.67. The van der Waals surface area contributed by atoms with Crippen LogP contribution >= 0.6 is 11.6 Å². The fourth-order valence-electron chi connectivity index (χ4n) is 3.16. The van der Waals surface area contributed by atoms with Crippen molar-refractivity contribution in [1.29, 1.82) is 0 Å². The summed E-state index contributed by atoms with van der Waals surface area (Å²) in [5.41, 5.74) is 3.08. The van der Waals surface area contributed by atoms with E-state index in [0.717, 1.165) is 24.0 Å². The number of hydrogen-bond acceptors (Lipinski definition) is 4. The van der Waals surface area contributed by atoms with Crippen LogP contribution in [0.25, 0.3) is 5.57 Å². The van der Waals surface area contributed by atoms with Gasteiger partial charge < -0.3 is 10.6 Å². The predicted octanol–water partition coefficient (Wildman–Crippen LogP) is 4.48. The van der Waals surface area contributed by atoms with E-state index in [1.807, 2.05) is 44.2 Å². The molecule has 1 aromatic carbocycles. The summed E-state index contributed by atoms with van der Waals surface area (Å²) < 4.78 is 1.80. The van der Waals surface area contributed by atoms with Crippen molar-refractivity contribution in [3.63, 3.8) is 0 Å². The highest BCUT2D eigenvalue weighted by molar-refractivity contribution is 6.31. The Balaban J connectivity index is 1.56. The zero-order chi connectivity index (χ0) is 19.0. The Hall–Kier alpha value is -2.86. The number of carbonyl (C=O) groups is 1. The van der Waals surface area contributed by atoms with Crippen molar-refractivity contribution >= 4 is 34.7 Å². The largest absolute Gasteiger partial charge is 0.320 e. The maximum Gasteiger partial charge on any atom is 0.271 e. The fourth-order valence-corrected chi connectivity index (χ4v) is 3.33. The second-order valence-corrected chi connectivity index (χ2v) is 7.08. The quantitative estimate of drug-likeness (QED) is 0.822. The predicted molar refractivity (Wildman–Crippen MR) is 108 cm³/mol. The molecule has 1 aliphatic carbocycles. The molecule has 6 nitrogen and oxygen atoms in total. The Morgan fingerprint density at radius 3 is 3.04 bits per heavy atom. The van der Waals surface area contributed by atoms with Crippen LogP contribution in [0.2, 0.25) is 5.02 Å². The van der Waals surface area contributed by atoms with E-state index in [2.05, 4.69) is 26.8 Å². The maximum absolute atomic E-state index is 12.7. The van der Waals surface area contributed by atoms with E-state index < -0.39 is 0 Å². The summed E-state index contributed by atoms with van der Waals surface area (Å²) in [7, 11) is 0. The average molecular weight is 382 g/mol. The Morgan fingerprint density at radius 2 is 2.26 bits per heavy atom. The van der Waals surface area contributed by atoms with Gasteiger partial charge in [0.1, 0.15) is 5.70 Å². The van der Waals surface area contributed by atoms with E-state index in [9.17, 15) is 4.79 Å². The molecule has 27 heavy (non-hydrogen) atoms. The molecular weight excluding hydrogens is 362 g/mol. The number of halogens is 1. The van der Waals surface area contributed by atoms with Crippen molar-refractivity contribution in [2.75, 3.05) is 10.6 Å². The molecule has 0 saturated heterocycles. The van der Waals surface area contributed by atoms with Crippen LogP contribution in [0, 0.1) is 6.92 Å². The molecule has 1 atom stereocenters. The monoisotopic (exact) mass is 381 g/mol. The van der Waals surface area contributed by atoms with Crippen LogP contribution in [0.3, 0.4) is 0 Å². The number of nitrogens with zero attached hydrogens (tertiary/aromatic N) is 3. The molecule has 0 saturated carbocycles. The minimum absolute atomic E-state index is 0.0801. The summed E-state index contributed by atoms with van der Waals surface area (Å²) in [6.45, 7) is 3.86. The summed E-state index contributed by atoms with van der Waals surface area (Å²) in [6, 6.07) is 5.36. The molecule has 4 rings (SSSR count). The highest BCUT2D eigenvalue weighted by Crippen LogP contribution is 2.28. The van der Waals surface area contributed by atoms with Crippen LogP contribution in [0.4, 0.5) is 11.6 Å². The van der Waals surface area contributed by atoms with Crippen LogP contribution in [0.5, 0.6) is 0 Å². The number of allylic oxidation sites excluding steroid dienone is 5. The van der Waals surface area contributed by atoms with Gasteiger partial charge in [-0.2, -0.15) is 4.98 Å². The number of benzene rings is 1. The standard InChI is InChI=1S/C20H20ClN5O/c1-12-11-17(19(27)22-16-10-6-9-15(21)13(16)2)23-20-24-18(25-26(12)20)14-7-4-3-5-8-14/h3-4,6-7,9-12H,5,8H2,1-2H3,(H,22,27)(H,23,24,25). The van der Waals surface area contributed by atoms with Gasteiger partial charge in [0.15, 0.2) is 5.82 Å². The number of aromatic nitrogens is 3. The third-order valence-corrected chi connectivity index (χ3v) is 5.14. The number of rotatable bonds is 3. The van der Waals surface area contributed by atoms with Gasteiger partial charge in [-0.1, -0.05) is 35.9 Å². The summed E-state index contributed by atoms with van der Waals surface area (Å²) in [5, 5.41) is 11.2. The van der Waals surface area contributed by atoms with Crippen molar-refractivity contribution < 1.29 is 4.79 Å². The first-order valence-electron chi connectivity index (χ1n) is 8.91. The second kappa shape index (κ2) is 7.04. The minimum atomic E-state index is -0.233. The molecule has 7 heteroatoms. The molecule has 2 N–H and O–H groups in total. The number of carbonyl (C=O) groups excluding carboxylic acids is 1. The third kappa shape index (κ3) is 3.40. The van der Waals surface area contributed by atoms with Crippen LogP contribution in [0.15, 0.2) is 48.2 Å². The fraction of sp³-hybridized carbons (Fsp3) is 0.250. The molecule has 0 fully saturated rings. The van der Waals surface area contributed by atoms with Gasteiger partial charge in [-0.3, -0.25) is 4.79 Å². The van der Waals surface area contributed by atoms with E-state index in [1.54, 1.807) is 10.7 Å². The molecule has 138 valence electrons.